The smallest absolute Gasteiger partial charge is 0.257 e. The number of ether oxygens (including phenoxy) is 3. The zero-order chi connectivity index (χ0) is 15.5. The second-order valence-electron chi connectivity index (χ2n) is 5.84. The number of morpholine rings is 1. The van der Waals surface area contributed by atoms with Gasteiger partial charge in [0, 0.05) is 20.2 Å². The molecule has 0 radical (unpaired) electrons. The third-order valence-electron chi connectivity index (χ3n) is 3.46. The third-order valence-corrected chi connectivity index (χ3v) is 3.46. The fourth-order valence-electron chi connectivity index (χ4n) is 2.71. The summed E-state index contributed by atoms with van der Waals surface area (Å²) < 4.78 is 16.4. The molecular formula is C16H23NO4. The van der Waals surface area contributed by atoms with Crippen molar-refractivity contribution < 1.29 is 19.0 Å². The maximum atomic E-state index is 12.8. The highest BCUT2D eigenvalue weighted by Crippen LogP contribution is 2.25. The molecule has 1 fully saturated rings. The first-order valence-electron chi connectivity index (χ1n) is 7.06. The maximum Gasteiger partial charge on any atom is 0.257 e. The number of rotatable bonds is 4. The summed E-state index contributed by atoms with van der Waals surface area (Å²) in [6.07, 6.45) is -0.114. The largest absolute Gasteiger partial charge is 0.496 e. The SMILES string of the molecule is COC[C@H]1CN(C(=O)c2ccccc2OC)CC(C)(C)O1. The summed E-state index contributed by atoms with van der Waals surface area (Å²) in [5.41, 5.74) is 0.188. The molecule has 0 N–H and O–H groups in total. The Labute approximate surface area is 125 Å². The molecule has 0 bridgehead atoms. The summed E-state index contributed by atoms with van der Waals surface area (Å²) >= 11 is 0. The highest BCUT2D eigenvalue weighted by molar-refractivity contribution is 5.97. The van der Waals surface area contributed by atoms with E-state index in [0.29, 0.717) is 31.0 Å². The van der Waals surface area contributed by atoms with Gasteiger partial charge in [-0.25, -0.2) is 0 Å². The lowest BCUT2D eigenvalue weighted by atomic mass is 10.0. The van der Waals surface area contributed by atoms with Crippen LogP contribution in [0.2, 0.25) is 0 Å². The topological polar surface area (TPSA) is 48.0 Å². The van der Waals surface area contributed by atoms with E-state index >= 15 is 0 Å². The van der Waals surface area contributed by atoms with Crippen molar-refractivity contribution in [3.05, 3.63) is 29.8 Å². The number of methoxy groups -OCH3 is 2. The van der Waals surface area contributed by atoms with Crippen molar-refractivity contribution in [3.63, 3.8) is 0 Å². The van der Waals surface area contributed by atoms with E-state index in [0.717, 1.165) is 0 Å². The summed E-state index contributed by atoms with van der Waals surface area (Å²) in [4.78, 5) is 14.6. The van der Waals surface area contributed by atoms with Crippen LogP contribution in [0.4, 0.5) is 0 Å². The van der Waals surface area contributed by atoms with Gasteiger partial charge in [0.25, 0.3) is 5.91 Å². The Bertz CT molecular complexity index is 501. The van der Waals surface area contributed by atoms with Crippen LogP contribution >= 0.6 is 0 Å². The molecular weight excluding hydrogens is 270 g/mol. The number of carbonyl (C=O) groups is 1. The fourth-order valence-corrected chi connectivity index (χ4v) is 2.71. The quantitative estimate of drug-likeness (QED) is 0.851. The Morgan fingerprint density at radius 1 is 1.38 bits per heavy atom. The predicted molar refractivity (Wildman–Crippen MR) is 79.7 cm³/mol. The molecule has 1 saturated heterocycles. The van der Waals surface area contributed by atoms with Crippen LogP contribution in [0.15, 0.2) is 24.3 Å². The molecule has 0 saturated carbocycles. The van der Waals surface area contributed by atoms with Crippen molar-refractivity contribution in [2.24, 2.45) is 0 Å². The maximum absolute atomic E-state index is 12.8. The van der Waals surface area contributed by atoms with E-state index in [1.165, 1.54) is 0 Å². The van der Waals surface area contributed by atoms with Crippen molar-refractivity contribution in [2.45, 2.75) is 25.6 Å². The van der Waals surface area contributed by atoms with Crippen molar-refractivity contribution in [1.82, 2.24) is 4.90 Å². The number of hydrogen-bond donors (Lipinski definition) is 0. The van der Waals surface area contributed by atoms with Gasteiger partial charge in [-0.2, -0.15) is 0 Å². The Kier molecular flexibility index (Phi) is 4.85. The minimum absolute atomic E-state index is 0.0371. The average molecular weight is 293 g/mol. The van der Waals surface area contributed by atoms with Crippen molar-refractivity contribution in [1.29, 1.82) is 0 Å². The molecule has 1 heterocycles. The molecule has 1 aliphatic rings. The number of hydrogen-bond acceptors (Lipinski definition) is 4. The number of nitrogens with zero attached hydrogens (tertiary/aromatic N) is 1. The van der Waals surface area contributed by atoms with Crippen LogP contribution in [-0.2, 0) is 9.47 Å². The van der Waals surface area contributed by atoms with Gasteiger partial charge in [0.05, 0.1) is 31.0 Å². The highest BCUT2D eigenvalue weighted by atomic mass is 16.5. The Hall–Kier alpha value is -1.59. The Morgan fingerprint density at radius 2 is 2.10 bits per heavy atom. The van der Waals surface area contributed by atoms with Gasteiger partial charge >= 0.3 is 0 Å². The molecule has 0 aromatic heterocycles. The zero-order valence-electron chi connectivity index (χ0n) is 13.1. The van der Waals surface area contributed by atoms with Crippen LogP contribution in [-0.4, -0.2) is 56.4 Å². The fraction of sp³-hybridized carbons (Fsp3) is 0.562. The van der Waals surface area contributed by atoms with Crippen molar-refractivity contribution in [3.8, 4) is 5.75 Å². The van der Waals surface area contributed by atoms with E-state index in [9.17, 15) is 4.79 Å². The normalized spacial score (nSPS) is 21.1. The molecule has 1 atom stereocenters. The molecule has 5 heteroatoms. The molecule has 1 aromatic carbocycles. The molecule has 2 rings (SSSR count). The van der Waals surface area contributed by atoms with E-state index in [1.54, 1.807) is 26.4 Å². The van der Waals surface area contributed by atoms with Crippen molar-refractivity contribution >= 4 is 5.91 Å². The summed E-state index contributed by atoms with van der Waals surface area (Å²) in [5, 5.41) is 0. The summed E-state index contributed by atoms with van der Waals surface area (Å²) in [6, 6.07) is 7.28. The first kappa shape index (κ1) is 15.8. The highest BCUT2D eigenvalue weighted by Gasteiger charge is 2.36. The van der Waals surface area contributed by atoms with E-state index in [-0.39, 0.29) is 17.6 Å². The van der Waals surface area contributed by atoms with E-state index in [2.05, 4.69) is 0 Å². The van der Waals surface area contributed by atoms with Gasteiger partial charge in [-0.05, 0) is 26.0 Å². The predicted octanol–water partition coefficient (Wildman–Crippen LogP) is 1.96. The molecule has 21 heavy (non-hydrogen) atoms. The second kappa shape index (κ2) is 6.45. The minimum atomic E-state index is -0.390. The van der Waals surface area contributed by atoms with Crippen LogP contribution in [0.5, 0.6) is 5.75 Å². The Morgan fingerprint density at radius 3 is 2.76 bits per heavy atom. The van der Waals surface area contributed by atoms with E-state index < -0.39 is 0 Å². The first-order valence-corrected chi connectivity index (χ1v) is 7.06. The summed E-state index contributed by atoms with van der Waals surface area (Å²) in [6.45, 7) is 5.51. The van der Waals surface area contributed by atoms with Crippen LogP contribution in [0, 0.1) is 0 Å². The van der Waals surface area contributed by atoms with E-state index in [1.807, 2.05) is 30.9 Å². The van der Waals surface area contributed by atoms with Gasteiger partial charge < -0.3 is 19.1 Å². The number of carbonyl (C=O) groups excluding carboxylic acids is 1. The second-order valence-corrected chi connectivity index (χ2v) is 5.84. The van der Waals surface area contributed by atoms with Crippen molar-refractivity contribution in [2.75, 3.05) is 33.9 Å². The molecule has 1 aliphatic heterocycles. The standard InChI is InChI=1S/C16H23NO4/c1-16(2)11-17(9-12(21-16)10-19-3)15(18)13-7-5-6-8-14(13)20-4/h5-8,12H,9-11H2,1-4H3/t12-/m1/s1. The first-order chi connectivity index (χ1) is 9.96. The van der Waals surface area contributed by atoms with Crippen LogP contribution in [0.1, 0.15) is 24.2 Å². The van der Waals surface area contributed by atoms with Crippen LogP contribution < -0.4 is 4.74 Å². The lowest BCUT2D eigenvalue weighted by Gasteiger charge is -2.42. The lowest BCUT2D eigenvalue weighted by Crippen LogP contribution is -2.55. The van der Waals surface area contributed by atoms with E-state index in [4.69, 9.17) is 14.2 Å². The van der Waals surface area contributed by atoms with Crippen LogP contribution in [0.3, 0.4) is 0 Å². The molecule has 116 valence electrons. The molecule has 0 unspecified atom stereocenters. The van der Waals surface area contributed by atoms with Gasteiger partial charge in [-0.15, -0.1) is 0 Å². The van der Waals surface area contributed by atoms with Gasteiger partial charge in [0.15, 0.2) is 0 Å². The molecule has 0 spiro atoms. The summed E-state index contributed by atoms with van der Waals surface area (Å²) in [7, 11) is 3.21. The third kappa shape index (κ3) is 3.74. The van der Waals surface area contributed by atoms with Gasteiger partial charge in [0.1, 0.15) is 5.75 Å². The number of amides is 1. The van der Waals surface area contributed by atoms with Gasteiger partial charge in [-0.3, -0.25) is 4.79 Å². The number of para-hydroxylation sites is 1. The molecule has 0 aliphatic carbocycles. The molecule has 1 amide bonds. The van der Waals surface area contributed by atoms with Gasteiger partial charge in [-0.1, -0.05) is 12.1 Å². The minimum Gasteiger partial charge on any atom is -0.496 e. The molecule has 1 aromatic rings. The molecule has 5 nitrogen and oxygen atoms in total. The average Bonchev–Trinajstić information content (AvgIpc) is 2.45. The lowest BCUT2D eigenvalue weighted by molar-refractivity contribution is -0.143. The monoisotopic (exact) mass is 293 g/mol. The number of benzene rings is 1. The zero-order valence-corrected chi connectivity index (χ0v) is 13.1. The Balaban J connectivity index is 2.21. The summed E-state index contributed by atoms with van der Waals surface area (Å²) in [5.74, 6) is 0.556. The van der Waals surface area contributed by atoms with Gasteiger partial charge in [0.2, 0.25) is 0 Å². The van der Waals surface area contributed by atoms with Crippen LogP contribution in [0.25, 0.3) is 0 Å².